The van der Waals surface area contributed by atoms with Gasteiger partial charge in [0.25, 0.3) is 0 Å². The molecular weight excluding hydrogens is 142 g/mol. The number of nitrogens with two attached hydrogens (primary N) is 1. The third-order valence-electron chi connectivity index (χ3n) is 1.45. The molecule has 0 heterocycles. The third kappa shape index (κ3) is 1.32. The van der Waals surface area contributed by atoms with Gasteiger partial charge in [0.15, 0.2) is 6.29 Å². The van der Waals surface area contributed by atoms with Crippen molar-refractivity contribution in [2.45, 2.75) is 0 Å². The molecule has 0 aliphatic heterocycles. The maximum atomic E-state index is 10.4. The van der Waals surface area contributed by atoms with Crippen molar-refractivity contribution >= 4 is 12.0 Å². The Kier molecular flexibility index (Phi) is 2.11. The van der Waals surface area contributed by atoms with Crippen LogP contribution in [0.1, 0.15) is 10.4 Å². The Labute approximate surface area is 64.8 Å². The quantitative estimate of drug-likeness (QED) is 0.508. The Morgan fingerprint density at radius 1 is 1.55 bits per heavy atom. The highest BCUT2D eigenvalue weighted by Crippen LogP contribution is 2.22. The summed E-state index contributed by atoms with van der Waals surface area (Å²) in [6.07, 6.45) is 0.706. The lowest BCUT2D eigenvalue weighted by Crippen LogP contribution is -1.96. The van der Waals surface area contributed by atoms with E-state index in [0.29, 0.717) is 23.3 Å². The monoisotopic (exact) mass is 151 g/mol. The van der Waals surface area contributed by atoms with Crippen molar-refractivity contribution in [1.82, 2.24) is 0 Å². The summed E-state index contributed by atoms with van der Waals surface area (Å²) in [5.74, 6) is 0.537. The van der Waals surface area contributed by atoms with Crippen LogP contribution < -0.4 is 10.5 Å². The lowest BCUT2D eigenvalue weighted by atomic mass is 10.2. The van der Waals surface area contributed by atoms with Gasteiger partial charge in [-0.1, -0.05) is 6.07 Å². The Morgan fingerprint density at radius 2 is 2.27 bits per heavy atom. The molecule has 1 aromatic rings. The maximum Gasteiger partial charge on any atom is 0.152 e. The van der Waals surface area contributed by atoms with E-state index in [9.17, 15) is 4.79 Å². The fourth-order valence-corrected chi connectivity index (χ4v) is 0.842. The van der Waals surface area contributed by atoms with E-state index in [1.54, 1.807) is 18.2 Å². The van der Waals surface area contributed by atoms with Crippen LogP contribution >= 0.6 is 0 Å². The number of ether oxygens (including phenoxy) is 1. The van der Waals surface area contributed by atoms with E-state index in [4.69, 9.17) is 10.5 Å². The smallest absolute Gasteiger partial charge is 0.152 e. The number of hydrogen-bond acceptors (Lipinski definition) is 3. The number of rotatable bonds is 2. The average molecular weight is 151 g/mol. The Bertz CT molecular complexity index is 271. The number of carbonyl (C=O) groups is 1. The molecule has 0 radical (unpaired) electrons. The number of para-hydroxylation sites is 1. The van der Waals surface area contributed by atoms with Gasteiger partial charge in [-0.2, -0.15) is 0 Å². The lowest BCUT2D eigenvalue weighted by Gasteiger charge is -2.04. The van der Waals surface area contributed by atoms with Crippen molar-refractivity contribution in [3.05, 3.63) is 23.8 Å². The Balaban J connectivity index is 3.20. The zero-order chi connectivity index (χ0) is 8.27. The van der Waals surface area contributed by atoms with Crippen LogP contribution in [-0.2, 0) is 0 Å². The minimum Gasteiger partial charge on any atom is -0.495 e. The maximum absolute atomic E-state index is 10.4. The second kappa shape index (κ2) is 3.05. The van der Waals surface area contributed by atoms with Crippen molar-refractivity contribution in [2.24, 2.45) is 0 Å². The van der Waals surface area contributed by atoms with Crippen molar-refractivity contribution in [1.29, 1.82) is 0 Å². The van der Waals surface area contributed by atoms with Gasteiger partial charge in [0.05, 0.1) is 12.8 Å². The molecule has 0 spiro atoms. The van der Waals surface area contributed by atoms with Crippen LogP contribution in [0.4, 0.5) is 5.69 Å². The highest BCUT2D eigenvalue weighted by molar-refractivity contribution is 5.85. The number of hydrogen-bond donors (Lipinski definition) is 1. The summed E-state index contributed by atoms with van der Waals surface area (Å²) in [7, 11) is 1.51. The zero-order valence-electron chi connectivity index (χ0n) is 6.20. The average Bonchev–Trinajstić information content (AvgIpc) is 2.05. The summed E-state index contributed by atoms with van der Waals surface area (Å²) in [6, 6.07) is 5.08. The summed E-state index contributed by atoms with van der Waals surface area (Å²) >= 11 is 0. The van der Waals surface area contributed by atoms with Crippen LogP contribution in [0.15, 0.2) is 18.2 Å². The molecular formula is C8H9NO2. The minimum absolute atomic E-state index is 0.394. The number of methoxy groups -OCH3 is 1. The number of aldehydes is 1. The number of carbonyl (C=O) groups excluding carboxylic acids is 1. The van der Waals surface area contributed by atoms with Gasteiger partial charge < -0.3 is 10.5 Å². The molecule has 1 rings (SSSR count). The van der Waals surface area contributed by atoms with Gasteiger partial charge in [0, 0.05) is 5.56 Å². The van der Waals surface area contributed by atoms with E-state index in [2.05, 4.69) is 0 Å². The first-order valence-corrected chi connectivity index (χ1v) is 3.17. The number of benzene rings is 1. The van der Waals surface area contributed by atoms with Gasteiger partial charge in [0.2, 0.25) is 0 Å². The van der Waals surface area contributed by atoms with Gasteiger partial charge in [-0.3, -0.25) is 4.79 Å². The lowest BCUT2D eigenvalue weighted by molar-refractivity contribution is 0.112. The molecule has 0 bridgehead atoms. The molecule has 11 heavy (non-hydrogen) atoms. The van der Waals surface area contributed by atoms with Crippen molar-refractivity contribution < 1.29 is 9.53 Å². The van der Waals surface area contributed by atoms with Crippen LogP contribution in [0.25, 0.3) is 0 Å². The number of nitrogen functional groups attached to an aromatic ring is 1. The first kappa shape index (κ1) is 7.60. The van der Waals surface area contributed by atoms with E-state index in [0.717, 1.165) is 0 Å². The molecule has 0 amide bonds. The van der Waals surface area contributed by atoms with Crippen molar-refractivity contribution in [3.63, 3.8) is 0 Å². The fourth-order valence-electron chi connectivity index (χ4n) is 0.842. The Morgan fingerprint density at radius 3 is 2.82 bits per heavy atom. The van der Waals surface area contributed by atoms with Crippen LogP contribution in [0.2, 0.25) is 0 Å². The second-order valence-electron chi connectivity index (χ2n) is 2.08. The second-order valence-corrected chi connectivity index (χ2v) is 2.08. The molecule has 3 nitrogen and oxygen atoms in total. The van der Waals surface area contributed by atoms with Crippen LogP contribution in [-0.4, -0.2) is 13.4 Å². The zero-order valence-corrected chi connectivity index (χ0v) is 6.20. The fraction of sp³-hybridized carbons (Fsp3) is 0.125. The summed E-state index contributed by atoms with van der Waals surface area (Å²) < 4.78 is 4.90. The van der Waals surface area contributed by atoms with Gasteiger partial charge >= 0.3 is 0 Å². The summed E-state index contributed by atoms with van der Waals surface area (Å²) in [4.78, 5) is 10.4. The first-order valence-electron chi connectivity index (χ1n) is 3.17. The molecule has 0 atom stereocenters. The van der Waals surface area contributed by atoms with E-state index >= 15 is 0 Å². The van der Waals surface area contributed by atoms with Crippen LogP contribution in [0.5, 0.6) is 5.75 Å². The summed E-state index contributed by atoms with van der Waals surface area (Å²) in [6.45, 7) is 0. The first-order chi connectivity index (χ1) is 5.29. The predicted molar refractivity (Wildman–Crippen MR) is 42.8 cm³/mol. The molecule has 0 saturated heterocycles. The van der Waals surface area contributed by atoms with E-state index in [1.165, 1.54) is 7.11 Å². The van der Waals surface area contributed by atoms with E-state index < -0.39 is 0 Å². The Hall–Kier alpha value is -1.51. The van der Waals surface area contributed by atoms with Crippen LogP contribution in [0.3, 0.4) is 0 Å². The number of anilines is 1. The van der Waals surface area contributed by atoms with Crippen LogP contribution in [0, 0.1) is 0 Å². The van der Waals surface area contributed by atoms with Gasteiger partial charge in [-0.05, 0) is 12.1 Å². The van der Waals surface area contributed by atoms with Gasteiger partial charge in [-0.25, -0.2) is 0 Å². The highest BCUT2D eigenvalue weighted by Gasteiger charge is 2.01. The standard InChI is InChI=1S/C8H9NO2/c1-11-7-4-2-3-6(5-10)8(7)9/h2-5H,9H2,1H3. The van der Waals surface area contributed by atoms with E-state index in [-0.39, 0.29) is 0 Å². The molecule has 58 valence electrons. The normalized spacial score (nSPS) is 9.18. The summed E-state index contributed by atoms with van der Waals surface area (Å²) in [5.41, 5.74) is 6.40. The molecule has 0 aliphatic carbocycles. The molecule has 0 unspecified atom stereocenters. The topological polar surface area (TPSA) is 52.3 Å². The van der Waals surface area contributed by atoms with Crippen molar-refractivity contribution in [2.75, 3.05) is 12.8 Å². The van der Waals surface area contributed by atoms with E-state index in [1.807, 2.05) is 0 Å². The minimum atomic E-state index is 0.394. The SMILES string of the molecule is COc1cccc(C=O)c1N. The largest absolute Gasteiger partial charge is 0.495 e. The molecule has 1 aromatic carbocycles. The molecule has 0 aromatic heterocycles. The molecule has 0 aliphatic rings. The van der Waals surface area contributed by atoms with Gasteiger partial charge in [-0.15, -0.1) is 0 Å². The third-order valence-corrected chi connectivity index (χ3v) is 1.45. The molecule has 0 saturated carbocycles. The summed E-state index contributed by atoms with van der Waals surface area (Å²) in [5, 5.41) is 0. The predicted octanol–water partition coefficient (Wildman–Crippen LogP) is 1.09. The molecule has 2 N–H and O–H groups in total. The molecule has 3 heteroatoms. The highest BCUT2D eigenvalue weighted by atomic mass is 16.5. The van der Waals surface area contributed by atoms with Crippen molar-refractivity contribution in [3.8, 4) is 5.75 Å². The van der Waals surface area contributed by atoms with Gasteiger partial charge in [0.1, 0.15) is 5.75 Å². The molecule has 0 fully saturated rings.